The van der Waals surface area contributed by atoms with Crippen LogP contribution < -0.4 is 4.74 Å². The van der Waals surface area contributed by atoms with Crippen molar-refractivity contribution < 1.29 is 19.4 Å². The minimum atomic E-state index is -0.530. The Labute approximate surface area is 156 Å². The van der Waals surface area contributed by atoms with E-state index in [-0.39, 0.29) is 18.7 Å². The van der Waals surface area contributed by atoms with Crippen LogP contribution in [0.5, 0.6) is 5.75 Å². The second-order valence-corrected chi connectivity index (χ2v) is 6.96. The fourth-order valence-corrected chi connectivity index (χ4v) is 2.15. The van der Waals surface area contributed by atoms with Crippen molar-refractivity contribution in [1.29, 1.82) is 0 Å². The highest BCUT2D eigenvalue weighted by atomic mass is 16.6. The van der Waals surface area contributed by atoms with Crippen molar-refractivity contribution in [2.24, 2.45) is 0 Å². The van der Waals surface area contributed by atoms with Crippen LogP contribution in [0.4, 0.5) is 4.79 Å². The number of rotatable bonds is 7. The van der Waals surface area contributed by atoms with Gasteiger partial charge >= 0.3 is 6.09 Å². The molecule has 1 amide bonds. The van der Waals surface area contributed by atoms with Gasteiger partial charge in [0.1, 0.15) is 18.0 Å². The van der Waals surface area contributed by atoms with Gasteiger partial charge in [-0.25, -0.2) is 4.79 Å². The molecule has 0 saturated heterocycles. The Bertz CT molecular complexity index is 629. The molecular weight excluding hydrogens is 332 g/mol. The van der Waals surface area contributed by atoms with Gasteiger partial charge in [-0.05, 0) is 47.1 Å². The predicted octanol–water partition coefficient (Wildman–Crippen LogP) is 3.23. The monoisotopic (exact) mass is 362 g/mol. The minimum absolute atomic E-state index is 0.138. The predicted molar refractivity (Wildman–Crippen MR) is 101 cm³/mol. The van der Waals surface area contributed by atoms with Gasteiger partial charge in [0, 0.05) is 31.3 Å². The third-order valence-electron chi connectivity index (χ3n) is 3.40. The maximum Gasteiger partial charge on any atom is 0.410 e. The summed E-state index contributed by atoms with van der Waals surface area (Å²) in [7, 11) is 0. The van der Waals surface area contributed by atoms with E-state index in [1.54, 1.807) is 17.3 Å². The lowest BCUT2D eigenvalue weighted by atomic mass is 10.2. The highest BCUT2D eigenvalue weighted by Gasteiger charge is 2.25. The molecule has 0 bridgehead atoms. The van der Waals surface area contributed by atoms with E-state index in [2.05, 4.69) is 16.8 Å². The number of nitrogens with zero attached hydrogens (tertiary/aromatic N) is 2. The van der Waals surface area contributed by atoms with Crippen LogP contribution in [0.25, 0.3) is 0 Å². The summed E-state index contributed by atoms with van der Waals surface area (Å²) in [6.45, 7) is 10.4. The van der Waals surface area contributed by atoms with Gasteiger partial charge in [0.15, 0.2) is 0 Å². The van der Waals surface area contributed by atoms with Crippen LogP contribution in [0, 0.1) is 11.8 Å². The summed E-state index contributed by atoms with van der Waals surface area (Å²) < 4.78 is 11.2. The Morgan fingerprint density at radius 2 is 2.12 bits per heavy atom. The largest absolute Gasteiger partial charge is 0.490 e. The number of hydrogen-bond donors (Lipinski definition) is 1. The molecule has 6 heteroatoms. The van der Waals surface area contributed by atoms with E-state index in [4.69, 9.17) is 14.6 Å². The average molecular weight is 362 g/mol. The number of aromatic nitrogens is 1. The lowest BCUT2D eigenvalue weighted by molar-refractivity contribution is 0.0143. The molecule has 144 valence electrons. The summed E-state index contributed by atoms with van der Waals surface area (Å²) >= 11 is 0. The van der Waals surface area contributed by atoms with Gasteiger partial charge in [-0.2, -0.15) is 0 Å². The molecule has 0 aromatic carbocycles. The fraction of sp³-hybridized carbons (Fsp3) is 0.600. The van der Waals surface area contributed by atoms with Gasteiger partial charge in [0.25, 0.3) is 0 Å². The van der Waals surface area contributed by atoms with Gasteiger partial charge in [-0.1, -0.05) is 11.8 Å². The van der Waals surface area contributed by atoms with Crippen LogP contribution in [0.3, 0.4) is 0 Å². The zero-order valence-electron chi connectivity index (χ0n) is 16.4. The molecule has 1 aromatic heterocycles. The van der Waals surface area contributed by atoms with Crippen molar-refractivity contribution in [3.63, 3.8) is 0 Å². The van der Waals surface area contributed by atoms with Crippen LogP contribution in [0.1, 0.15) is 53.0 Å². The maximum absolute atomic E-state index is 12.3. The van der Waals surface area contributed by atoms with Gasteiger partial charge in [-0.3, -0.25) is 4.98 Å². The first-order valence-electron chi connectivity index (χ1n) is 8.94. The van der Waals surface area contributed by atoms with Gasteiger partial charge < -0.3 is 19.5 Å². The van der Waals surface area contributed by atoms with Crippen molar-refractivity contribution in [1.82, 2.24) is 9.88 Å². The normalized spacial score (nSPS) is 11.9. The van der Waals surface area contributed by atoms with Gasteiger partial charge in [0.05, 0.1) is 12.2 Å². The lowest BCUT2D eigenvalue weighted by Crippen LogP contribution is -2.44. The molecule has 0 radical (unpaired) electrons. The summed E-state index contributed by atoms with van der Waals surface area (Å²) in [5, 5.41) is 8.76. The number of carbonyl (C=O) groups is 1. The molecule has 0 aliphatic rings. The SMILES string of the molecule is CCN(C(=O)OC(C)(C)C)[C@@H](C)COc1cncc(C#CCCCO)c1. The van der Waals surface area contributed by atoms with E-state index in [0.29, 0.717) is 31.7 Å². The lowest BCUT2D eigenvalue weighted by Gasteiger charge is -2.30. The Morgan fingerprint density at radius 3 is 2.73 bits per heavy atom. The first-order valence-corrected chi connectivity index (χ1v) is 8.94. The second-order valence-electron chi connectivity index (χ2n) is 6.96. The van der Waals surface area contributed by atoms with E-state index >= 15 is 0 Å². The van der Waals surface area contributed by atoms with Crippen LogP contribution >= 0.6 is 0 Å². The summed E-state index contributed by atoms with van der Waals surface area (Å²) in [6, 6.07) is 1.67. The number of aliphatic hydroxyl groups excluding tert-OH is 1. The van der Waals surface area contributed by atoms with E-state index in [1.807, 2.05) is 40.7 Å². The first-order chi connectivity index (χ1) is 12.3. The van der Waals surface area contributed by atoms with Crippen LogP contribution in [-0.4, -0.2) is 52.5 Å². The average Bonchev–Trinajstić information content (AvgIpc) is 2.56. The number of amides is 1. The summed E-state index contributed by atoms with van der Waals surface area (Å²) in [5.74, 6) is 6.58. The Morgan fingerprint density at radius 1 is 1.38 bits per heavy atom. The van der Waals surface area contributed by atoms with Crippen molar-refractivity contribution >= 4 is 6.09 Å². The molecule has 1 rings (SSSR count). The summed E-state index contributed by atoms with van der Waals surface area (Å²) in [5.41, 5.74) is 0.227. The quantitative estimate of drug-likeness (QED) is 0.595. The topological polar surface area (TPSA) is 71.9 Å². The molecule has 0 saturated carbocycles. The van der Waals surface area contributed by atoms with E-state index in [0.717, 1.165) is 5.56 Å². The number of hydrogen-bond acceptors (Lipinski definition) is 5. The third kappa shape index (κ3) is 8.21. The molecule has 1 aromatic rings. The molecule has 6 nitrogen and oxygen atoms in total. The highest BCUT2D eigenvalue weighted by Crippen LogP contribution is 2.14. The van der Waals surface area contributed by atoms with E-state index < -0.39 is 5.60 Å². The Kier molecular flexibility index (Phi) is 8.94. The molecule has 1 heterocycles. The molecule has 0 aliphatic carbocycles. The molecule has 26 heavy (non-hydrogen) atoms. The number of aliphatic hydroxyl groups is 1. The van der Waals surface area contributed by atoms with Crippen molar-refractivity contribution in [2.75, 3.05) is 19.8 Å². The van der Waals surface area contributed by atoms with Gasteiger partial charge in [-0.15, -0.1) is 0 Å². The van der Waals surface area contributed by atoms with Gasteiger partial charge in [0.2, 0.25) is 0 Å². The maximum atomic E-state index is 12.3. The van der Waals surface area contributed by atoms with Crippen molar-refractivity contribution in [3.05, 3.63) is 24.0 Å². The molecule has 0 fully saturated rings. The molecule has 0 spiro atoms. The number of carbonyl (C=O) groups excluding carboxylic acids is 1. The van der Waals surface area contributed by atoms with Crippen LogP contribution in [-0.2, 0) is 4.74 Å². The zero-order valence-corrected chi connectivity index (χ0v) is 16.4. The molecule has 0 unspecified atom stereocenters. The van der Waals surface area contributed by atoms with Crippen molar-refractivity contribution in [3.8, 4) is 17.6 Å². The zero-order chi connectivity index (χ0) is 19.6. The van der Waals surface area contributed by atoms with Crippen LogP contribution in [0.15, 0.2) is 18.5 Å². The standard InChI is InChI=1S/C20H30N2O4/c1-6-22(19(24)26-20(3,4)5)16(2)15-25-18-12-17(13-21-14-18)10-8-7-9-11-23/h12-14,16,23H,6-7,9,11,15H2,1-5H3/t16-/m0/s1. The Hall–Kier alpha value is -2.26. The summed E-state index contributed by atoms with van der Waals surface area (Å²) in [6.07, 6.45) is 4.24. The number of likely N-dealkylation sites (N-methyl/N-ethyl adjacent to an activating group) is 1. The fourth-order valence-electron chi connectivity index (χ4n) is 2.15. The first kappa shape index (κ1) is 21.8. The number of unbranched alkanes of at least 4 members (excludes halogenated alkanes) is 1. The molecule has 0 aliphatic heterocycles. The van der Waals surface area contributed by atoms with E-state index in [9.17, 15) is 4.79 Å². The smallest absolute Gasteiger partial charge is 0.410 e. The number of pyridine rings is 1. The van der Waals surface area contributed by atoms with E-state index in [1.165, 1.54) is 0 Å². The Balaban J connectivity index is 2.63. The highest BCUT2D eigenvalue weighted by molar-refractivity contribution is 5.68. The summed E-state index contributed by atoms with van der Waals surface area (Å²) in [4.78, 5) is 18.0. The minimum Gasteiger partial charge on any atom is -0.490 e. The second kappa shape index (κ2) is 10.7. The van der Waals surface area contributed by atoms with Crippen LogP contribution in [0.2, 0.25) is 0 Å². The van der Waals surface area contributed by atoms with Crippen molar-refractivity contribution in [2.45, 2.75) is 59.1 Å². The third-order valence-corrected chi connectivity index (χ3v) is 3.40. The number of ether oxygens (including phenoxy) is 2. The molecule has 1 atom stereocenters. The molecular formula is C20H30N2O4. The molecule has 1 N–H and O–H groups in total.